The first-order valence-corrected chi connectivity index (χ1v) is 5.07. The summed E-state index contributed by atoms with van der Waals surface area (Å²) in [6.45, 7) is 6.10. The van der Waals surface area contributed by atoms with Gasteiger partial charge in [0.1, 0.15) is 0 Å². The molecule has 1 aliphatic rings. The molecule has 0 bridgehead atoms. The first-order valence-electron chi connectivity index (χ1n) is 5.07. The largest absolute Gasteiger partial charge is 0.339 e. The average Bonchev–Trinajstić information content (AvgIpc) is 2.16. The monoisotopic (exact) mass is 184 g/mol. The first kappa shape index (κ1) is 10.3. The SMILES string of the molecule is CCN=C(NN)N1CCCCC1C. The van der Waals surface area contributed by atoms with Gasteiger partial charge in [0.25, 0.3) is 0 Å². The van der Waals surface area contributed by atoms with Crippen molar-refractivity contribution in [2.45, 2.75) is 39.2 Å². The second kappa shape index (κ2) is 5.07. The Kier molecular flexibility index (Phi) is 4.02. The van der Waals surface area contributed by atoms with E-state index in [0.717, 1.165) is 19.0 Å². The molecule has 13 heavy (non-hydrogen) atoms. The zero-order valence-electron chi connectivity index (χ0n) is 8.58. The maximum absolute atomic E-state index is 5.43. The van der Waals surface area contributed by atoms with Crippen molar-refractivity contribution in [3.8, 4) is 0 Å². The van der Waals surface area contributed by atoms with Gasteiger partial charge in [0.2, 0.25) is 5.96 Å². The number of guanidine groups is 1. The Hall–Kier alpha value is -0.770. The Morgan fingerprint density at radius 1 is 1.62 bits per heavy atom. The van der Waals surface area contributed by atoms with Gasteiger partial charge in [-0.25, -0.2) is 5.84 Å². The van der Waals surface area contributed by atoms with E-state index in [1.807, 2.05) is 6.92 Å². The van der Waals surface area contributed by atoms with Crippen LogP contribution in [0.15, 0.2) is 4.99 Å². The summed E-state index contributed by atoms with van der Waals surface area (Å²) >= 11 is 0. The second-order valence-corrected chi connectivity index (χ2v) is 3.48. The van der Waals surface area contributed by atoms with Crippen LogP contribution in [-0.2, 0) is 0 Å². The zero-order valence-corrected chi connectivity index (χ0v) is 8.58. The predicted octanol–water partition coefficient (Wildman–Crippen LogP) is 0.700. The molecule has 3 N–H and O–H groups in total. The average molecular weight is 184 g/mol. The standard InChI is InChI=1S/C9H20N4/c1-3-11-9(12-10)13-7-5-4-6-8(13)2/h8H,3-7,10H2,1-2H3,(H,11,12). The van der Waals surface area contributed by atoms with Crippen LogP contribution in [0, 0.1) is 0 Å². The van der Waals surface area contributed by atoms with Gasteiger partial charge in [0.15, 0.2) is 0 Å². The molecule has 0 radical (unpaired) electrons. The van der Waals surface area contributed by atoms with Crippen LogP contribution in [0.5, 0.6) is 0 Å². The highest BCUT2D eigenvalue weighted by molar-refractivity contribution is 5.79. The van der Waals surface area contributed by atoms with Crippen molar-refractivity contribution in [1.29, 1.82) is 0 Å². The molecular weight excluding hydrogens is 164 g/mol. The van der Waals surface area contributed by atoms with Crippen LogP contribution in [0.2, 0.25) is 0 Å². The first-order chi connectivity index (χ1) is 6.29. The maximum atomic E-state index is 5.43. The number of nitrogens with zero attached hydrogens (tertiary/aromatic N) is 2. The van der Waals surface area contributed by atoms with E-state index in [0.29, 0.717) is 6.04 Å². The molecule has 0 spiro atoms. The highest BCUT2D eigenvalue weighted by atomic mass is 15.4. The molecule has 1 saturated heterocycles. The number of nitrogens with two attached hydrogens (primary N) is 1. The summed E-state index contributed by atoms with van der Waals surface area (Å²) in [5, 5.41) is 0. The summed E-state index contributed by atoms with van der Waals surface area (Å²) in [5.74, 6) is 6.27. The smallest absolute Gasteiger partial charge is 0.208 e. The summed E-state index contributed by atoms with van der Waals surface area (Å²) in [6, 6.07) is 0.565. The Morgan fingerprint density at radius 3 is 2.92 bits per heavy atom. The Morgan fingerprint density at radius 2 is 2.38 bits per heavy atom. The molecule has 0 amide bonds. The molecule has 1 unspecified atom stereocenters. The highest BCUT2D eigenvalue weighted by Crippen LogP contribution is 2.15. The van der Waals surface area contributed by atoms with E-state index in [4.69, 9.17) is 5.84 Å². The minimum absolute atomic E-state index is 0.565. The second-order valence-electron chi connectivity index (χ2n) is 3.48. The van der Waals surface area contributed by atoms with Gasteiger partial charge in [-0.2, -0.15) is 0 Å². The van der Waals surface area contributed by atoms with Crippen LogP contribution < -0.4 is 11.3 Å². The molecule has 76 valence electrons. The molecule has 0 aromatic carbocycles. The Balaban J connectivity index is 2.60. The Bertz CT molecular complexity index is 178. The molecule has 0 aliphatic carbocycles. The van der Waals surface area contributed by atoms with Gasteiger partial charge in [-0.15, -0.1) is 0 Å². The van der Waals surface area contributed by atoms with Crippen molar-refractivity contribution in [1.82, 2.24) is 10.3 Å². The van der Waals surface area contributed by atoms with Gasteiger partial charge in [-0.1, -0.05) is 0 Å². The van der Waals surface area contributed by atoms with Gasteiger partial charge < -0.3 is 4.90 Å². The maximum Gasteiger partial charge on any atom is 0.208 e. The lowest BCUT2D eigenvalue weighted by Crippen LogP contribution is -2.50. The van der Waals surface area contributed by atoms with E-state index in [-0.39, 0.29) is 0 Å². The quantitative estimate of drug-likeness (QED) is 0.273. The molecule has 1 fully saturated rings. The molecule has 1 atom stereocenters. The Labute approximate surface area is 80.2 Å². The number of hydrogen-bond acceptors (Lipinski definition) is 2. The van der Waals surface area contributed by atoms with Crippen LogP contribution in [0.1, 0.15) is 33.1 Å². The van der Waals surface area contributed by atoms with Crippen LogP contribution in [0.25, 0.3) is 0 Å². The fourth-order valence-corrected chi connectivity index (χ4v) is 1.78. The van der Waals surface area contributed by atoms with Gasteiger partial charge in [0, 0.05) is 19.1 Å². The van der Waals surface area contributed by atoms with E-state index >= 15 is 0 Å². The fourth-order valence-electron chi connectivity index (χ4n) is 1.78. The summed E-state index contributed by atoms with van der Waals surface area (Å²) in [6.07, 6.45) is 3.81. The summed E-state index contributed by atoms with van der Waals surface area (Å²) in [4.78, 5) is 6.58. The highest BCUT2D eigenvalue weighted by Gasteiger charge is 2.20. The number of aliphatic imine (C=N–C) groups is 1. The van der Waals surface area contributed by atoms with E-state index < -0.39 is 0 Å². The number of rotatable bonds is 1. The van der Waals surface area contributed by atoms with Crippen LogP contribution in [0.3, 0.4) is 0 Å². The number of hydrazine groups is 1. The van der Waals surface area contributed by atoms with Gasteiger partial charge in [-0.05, 0) is 33.1 Å². The third-order valence-electron chi connectivity index (χ3n) is 2.51. The zero-order chi connectivity index (χ0) is 9.68. The molecule has 4 nitrogen and oxygen atoms in total. The van der Waals surface area contributed by atoms with Crippen LogP contribution in [0.4, 0.5) is 0 Å². The van der Waals surface area contributed by atoms with Gasteiger partial charge in [-0.3, -0.25) is 10.4 Å². The van der Waals surface area contributed by atoms with E-state index in [1.165, 1.54) is 19.3 Å². The molecule has 0 aromatic rings. The van der Waals surface area contributed by atoms with Crippen molar-refractivity contribution < 1.29 is 0 Å². The van der Waals surface area contributed by atoms with E-state index in [2.05, 4.69) is 22.2 Å². The molecule has 4 heteroatoms. The van der Waals surface area contributed by atoms with Crippen molar-refractivity contribution in [3.63, 3.8) is 0 Å². The van der Waals surface area contributed by atoms with Crippen LogP contribution in [-0.4, -0.2) is 30.0 Å². The third-order valence-corrected chi connectivity index (χ3v) is 2.51. The summed E-state index contributed by atoms with van der Waals surface area (Å²) in [7, 11) is 0. The lowest BCUT2D eigenvalue weighted by Gasteiger charge is -2.35. The fraction of sp³-hybridized carbons (Fsp3) is 0.889. The third kappa shape index (κ3) is 2.59. The molecule has 1 heterocycles. The van der Waals surface area contributed by atoms with Gasteiger partial charge >= 0.3 is 0 Å². The predicted molar refractivity (Wildman–Crippen MR) is 55.3 cm³/mol. The van der Waals surface area contributed by atoms with Crippen molar-refractivity contribution in [3.05, 3.63) is 0 Å². The van der Waals surface area contributed by atoms with Crippen LogP contribution >= 0.6 is 0 Å². The molecule has 1 rings (SSSR count). The number of hydrogen-bond donors (Lipinski definition) is 2. The number of likely N-dealkylation sites (tertiary alicyclic amines) is 1. The lowest BCUT2D eigenvalue weighted by atomic mass is 10.0. The number of nitrogens with one attached hydrogen (secondary N) is 1. The molecule has 0 saturated carbocycles. The van der Waals surface area contributed by atoms with Crippen molar-refractivity contribution in [2.24, 2.45) is 10.8 Å². The molecule has 1 aliphatic heterocycles. The van der Waals surface area contributed by atoms with Crippen molar-refractivity contribution in [2.75, 3.05) is 13.1 Å². The van der Waals surface area contributed by atoms with Gasteiger partial charge in [0.05, 0.1) is 0 Å². The van der Waals surface area contributed by atoms with E-state index in [9.17, 15) is 0 Å². The molecule has 0 aromatic heterocycles. The summed E-state index contributed by atoms with van der Waals surface area (Å²) < 4.78 is 0. The van der Waals surface area contributed by atoms with Crippen molar-refractivity contribution >= 4 is 5.96 Å². The summed E-state index contributed by atoms with van der Waals surface area (Å²) in [5.41, 5.74) is 2.68. The number of piperidine rings is 1. The lowest BCUT2D eigenvalue weighted by molar-refractivity contribution is 0.250. The minimum atomic E-state index is 0.565. The topological polar surface area (TPSA) is 53.6 Å². The normalized spacial score (nSPS) is 24.7. The van der Waals surface area contributed by atoms with E-state index in [1.54, 1.807) is 0 Å². The molecular formula is C9H20N4. The minimum Gasteiger partial charge on any atom is -0.339 e.